The largest absolute Gasteiger partial charge is 0.341 e. The van der Waals surface area contributed by atoms with Crippen molar-refractivity contribution < 1.29 is 4.79 Å². The number of carbonyl (C=O) groups excluding carboxylic acids is 1. The summed E-state index contributed by atoms with van der Waals surface area (Å²) in [7, 11) is 2.02. The molecule has 94 valence electrons. The third-order valence-corrected chi connectivity index (χ3v) is 3.09. The van der Waals surface area contributed by atoms with Crippen LogP contribution >= 0.6 is 0 Å². The van der Waals surface area contributed by atoms with Crippen molar-refractivity contribution >= 4 is 5.91 Å². The maximum atomic E-state index is 12.3. The van der Waals surface area contributed by atoms with Gasteiger partial charge < -0.3 is 10.6 Å². The summed E-state index contributed by atoms with van der Waals surface area (Å²) in [5.74, 6) is 0.796. The van der Waals surface area contributed by atoms with Gasteiger partial charge in [-0.15, -0.1) is 0 Å². The Morgan fingerprint density at radius 1 is 1.44 bits per heavy atom. The van der Waals surface area contributed by atoms with E-state index in [4.69, 9.17) is 5.73 Å². The van der Waals surface area contributed by atoms with Gasteiger partial charge in [-0.05, 0) is 32.4 Å². The smallest absolute Gasteiger partial charge is 0.239 e. The van der Waals surface area contributed by atoms with E-state index in [1.165, 1.54) is 0 Å². The highest BCUT2D eigenvalue weighted by molar-refractivity contribution is 5.82. The van der Waals surface area contributed by atoms with Gasteiger partial charge in [-0.3, -0.25) is 9.69 Å². The number of nitrogens with two attached hydrogens (primary N) is 1. The van der Waals surface area contributed by atoms with Crippen LogP contribution in [0.3, 0.4) is 0 Å². The Hall–Kier alpha value is -0.610. The SMILES string of the molecule is CC(C)CN1CCCN(C)C(CCN)C1=O. The summed E-state index contributed by atoms with van der Waals surface area (Å²) in [5, 5.41) is 0. The second kappa shape index (κ2) is 6.21. The number of amides is 1. The average molecular weight is 227 g/mol. The molecule has 1 aliphatic heterocycles. The summed E-state index contributed by atoms with van der Waals surface area (Å²) in [6.07, 6.45) is 1.83. The minimum atomic E-state index is -0.00810. The Labute approximate surface area is 98.8 Å². The van der Waals surface area contributed by atoms with Crippen molar-refractivity contribution in [3.63, 3.8) is 0 Å². The molecule has 1 atom stereocenters. The molecular weight excluding hydrogens is 202 g/mol. The molecule has 1 amide bonds. The number of hydrogen-bond donors (Lipinski definition) is 1. The number of nitrogens with zero attached hydrogens (tertiary/aromatic N) is 2. The quantitative estimate of drug-likeness (QED) is 0.762. The second-order valence-corrected chi connectivity index (χ2v) is 5.11. The van der Waals surface area contributed by atoms with Gasteiger partial charge in [0.15, 0.2) is 0 Å². The van der Waals surface area contributed by atoms with Crippen LogP contribution in [0.25, 0.3) is 0 Å². The Kier molecular flexibility index (Phi) is 5.22. The lowest BCUT2D eigenvalue weighted by atomic mass is 10.1. The van der Waals surface area contributed by atoms with Crippen LogP contribution in [0.15, 0.2) is 0 Å². The van der Waals surface area contributed by atoms with E-state index in [0.29, 0.717) is 12.5 Å². The molecule has 2 N–H and O–H groups in total. The Balaban J connectivity index is 2.69. The minimum absolute atomic E-state index is 0.00810. The molecule has 1 fully saturated rings. The Morgan fingerprint density at radius 3 is 2.69 bits per heavy atom. The van der Waals surface area contributed by atoms with Crippen molar-refractivity contribution in [2.75, 3.05) is 33.2 Å². The summed E-state index contributed by atoms with van der Waals surface area (Å²) < 4.78 is 0. The van der Waals surface area contributed by atoms with Gasteiger partial charge in [0.1, 0.15) is 0 Å². The standard InChI is InChI=1S/C12H25N3O/c1-10(2)9-15-8-4-7-14(3)11(5-6-13)12(15)16/h10-11H,4-9,13H2,1-3H3. The van der Waals surface area contributed by atoms with Gasteiger partial charge in [-0.1, -0.05) is 13.8 Å². The van der Waals surface area contributed by atoms with Crippen LogP contribution < -0.4 is 5.73 Å². The fourth-order valence-electron chi connectivity index (χ4n) is 2.30. The van der Waals surface area contributed by atoms with Gasteiger partial charge in [0, 0.05) is 19.6 Å². The number of rotatable bonds is 4. The molecule has 0 spiro atoms. The zero-order valence-electron chi connectivity index (χ0n) is 10.8. The van der Waals surface area contributed by atoms with Crippen molar-refractivity contribution in [1.29, 1.82) is 0 Å². The maximum absolute atomic E-state index is 12.3. The zero-order chi connectivity index (χ0) is 12.1. The lowest BCUT2D eigenvalue weighted by Gasteiger charge is -2.28. The third-order valence-electron chi connectivity index (χ3n) is 3.09. The maximum Gasteiger partial charge on any atom is 0.239 e. The van der Waals surface area contributed by atoms with Gasteiger partial charge in [0.05, 0.1) is 6.04 Å². The van der Waals surface area contributed by atoms with Gasteiger partial charge >= 0.3 is 0 Å². The number of hydrogen-bond acceptors (Lipinski definition) is 3. The fourth-order valence-corrected chi connectivity index (χ4v) is 2.30. The van der Waals surface area contributed by atoms with E-state index in [-0.39, 0.29) is 11.9 Å². The molecule has 16 heavy (non-hydrogen) atoms. The molecule has 0 aromatic heterocycles. The molecular formula is C12H25N3O. The summed E-state index contributed by atoms with van der Waals surface area (Å²) in [4.78, 5) is 16.5. The monoisotopic (exact) mass is 227 g/mol. The van der Waals surface area contributed by atoms with Gasteiger partial charge in [0.2, 0.25) is 5.91 Å². The highest BCUT2D eigenvalue weighted by atomic mass is 16.2. The average Bonchev–Trinajstić information content (AvgIpc) is 2.32. The lowest BCUT2D eigenvalue weighted by Crippen LogP contribution is -2.46. The van der Waals surface area contributed by atoms with Crippen LogP contribution in [0, 0.1) is 5.92 Å². The highest BCUT2D eigenvalue weighted by Crippen LogP contribution is 2.13. The molecule has 0 bridgehead atoms. The van der Waals surface area contributed by atoms with Crippen molar-refractivity contribution in [2.24, 2.45) is 11.7 Å². The van der Waals surface area contributed by atoms with Crippen molar-refractivity contribution in [3.8, 4) is 0 Å². The van der Waals surface area contributed by atoms with E-state index in [1.807, 2.05) is 11.9 Å². The van der Waals surface area contributed by atoms with Crippen LogP contribution in [-0.2, 0) is 4.79 Å². The normalized spacial score (nSPS) is 23.9. The summed E-state index contributed by atoms with van der Waals surface area (Å²) in [5.41, 5.74) is 5.58. The molecule has 1 aliphatic rings. The first kappa shape index (κ1) is 13.5. The van der Waals surface area contributed by atoms with Crippen molar-refractivity contribution in [2.45, 2.75) is 32.7 Å². The molecule has 4 heteroatoms. The summed E-state index contributed by atoms with van der Waals surface area (Å²) >= 11 is 0. The molecule has 1 rings (SSSR count). The first-order valence-electron chi connectivity index (χ1n) is 6.25. The van der Waals surface area contributed by atoms with Crippen LogP contribution in [-0.4, -0.2) is 55.0 Å². The van der Waals surface area contributed by atoms with Crippen LogP contribution in [0.2, 0.25) is 0 Å². The van der Waals surface area contributed by atoms with E-state index >= 15 is 0 Å². The molecule has 0 radical (unpaired) electrons. The molecule has 0 aliphatic carbocycles. The Bertz CT molecular complexity index is 230. The van der Waals surface area contributed by atoms with Crippen molar-refractivity contribution in [1.82, 2.24) is 9.80 Å². The predicted octanol–water partition coefficient (Wildman–Crippen LogP) is 0.524. The topological polar surface area (TPSA) is 49.6 Å². The van der Waals surface area contributed by atoms with Crippen LogP contribution in [0.1, 0.15) is 26.7 Å². The molecule has 0 aromatic carbocycles. The Morgan fingerprint density at radius 2 is 2.12 bits per heavy atom. The molecule has 4 nitrogen and oxygen atoms in total. The van der Waals surface area contributed by atoms with E-state index in [2.05, 4.69) is 18.7 Å². The van der Waals surface area contributed by atoms with Crippen molar-refractivity contribution in [3.05, 3.63) is 0 Å². The fraction of sp³-hybridized carbons (Fsp3) is 0.917. The van der Waals surface area contributed by atoms with Crippen LogP contribution in [0.5, 0.6) is 0 Å². The van der Waals surface area contributed by atoms with E-state index in [9.17, 15) is 4.79 Å². The molecule has 0 aromatic rings. The molecule has 1 unspecified atom stereocenters. The minimum Gasteiger partial charge on any atom is -0.341 e. The van der Waals surface area contributed by atoms with Crippen LogP contribution in [0.4, 0.5) is 0 Å². The van der Waals surface area contributed by atoms with Gasteiger partial charge in [-0.25, -0.2) is 0 Å². The molecule has 1 saturated heterocycles. The number of likely N-dealkylation sites (N-methyl/N-ethyl adjacent to an activating group) is 1. The van der Waals surface area contributed by atoms with Gasteiger partial charge in [-0.2, -0.15) is 0 Å². The lowest BCUT2D eigenvalue weighted by molar-refractivity contribution is -0.135. The van der Waals surface area contributed by atoms with E-state index in [1.54, 1.807) is 0 Å². The number of carbonyl (C=O) groups is 1. The van der Waals surface area contributed by atoms with E-state index in [0.717, 1.165) is 32.5 Å². The third kappa shape index (κ3) is 3.46. The molecule has 0 saturated carbocycles. The second-order valence-electron chi connectivity index (χ2n) is 5.11. The predicted molar refractivity (Wildman–Crippen MR) is 66.1 cm³/mol. The zero-order valence-corrected chi connectivity index (χ0v) is 10.8. The highest BCUT2D eigenvalue weighted by Gasteiger charge is 2.29. The summed E-state index contributed by atoms with van der Waals surface area (Å²) in [6.45, 7) is 7.64. The van der Waals surface area contributed by atoms with E-state index < -0.39 is 0 Å². The summed E-state index contributed by atoms with van der Waals surface area (Å²) in [6, 6.07) is -0.00810. The molecule has 1 heterocycles. The van der Waals surface area contributed by atoms with Gasteiger partial charge in [0.25, 0.3) is 0 Å². The first-order valence-corrected chi connectivity index (χ1v) is 6.25. The first-order chi connectivity index (χ1) is 7.56.